The van der Waals surface area contributed by atoms with E-state index in [1.807, 2.05) is 13.8 Å². The fourth-order valence-corrected chi connectivity index (χ4v) is 2.33. The molecular weight excluding hydrogens is 325 g/mol. The molecule has 0 saturated heterocycles. The SMILES string of the molecule is CCn1ncc(NC(=O)c2ccc(COc3ccc(F)cc3)o2)c1C. The third-order valence-corrected chi connectivity index (χ3v) is 3.73. The first-order chi connectivity index (χ1) is 12.1. The molecule has 0 atom stereocenters. The van der Waals surface area contributed by atoms with E-state index in [-0.39, 0.29) is 24.1 Å². The summed E-state index contributed by atoms with van der Waals surface area (Å²) in [6.45, 7) is 4.74. The van der Waals surface area contributed by atoms with Gasteiger partial charge in [-0.3, -0.25) is 9.48 Å². The molecule has 2 aromatic heterocycles. The average Bonchev–Trinajstić information content (AvgIpc) is 3.22. The molecule has 0 radical (unpaired) electrons. The van der Waals surface area contributed by atoms with Crippen LogP contribution in [-0.4, -0.2) is 15.7 Å². The Morgan fingerprint density at radius 1 is 1.28 bits per heavy atom. The van der Waals surface area contributed by atoms with Crippen molar-refractivity contribution in [2.75, 3.05) is 5.32 Å². The molecule has 6 nitrogen and oxygen atoms in total. The van der Waals surface area contributed by atoms with E-state index in [9.17, 15) is 9.18 Å². The van der Waals surface area contributed by atoms with Crippen molar-refractivity contribution in [2.24, 2.45) is 0 Å². The predicted octanol–water partition coefficient (Wildman–Crippen LogP) is 3.77. The van der Waals surface area contributed by atoms with Crippen molar-refractivity contribution >= 4 is 11.6 Å². The zero-order valence-electron chi connectivity index (χ0n) is 14.0. The van der Waals surface area contributed by atoms with Gasteiger partial charge in [-0.2, -0.15) is 5.10 Å². The van der Waals surface area contributed by atoms with Crippen molar-refractivity contribution in [1.82, 2.24) is 9.78 Å². The number of nitrogens with zero attached hydrogens (tertiary/aromatic N) is 2. The molecule has 7 heteroatoms. The fourth-order valence-electron chi connectivity index (χ4n) is 2.33. The number of aromatic nitrogens is 2. The van der Waals surface area contributed by atoms with Crippen molar-refractivity contribution in [3.63, 3.8) is 0 Å². The van der Waals surface area contributed by atoms with E-state index in [4.69, 9.17) is 9.15 Å². The molecule has 0 fully saturated rings. The molecule has 1 N–H and O–H groups in total. The van der Waals surface area contributed by atoms with Crippen LogP contribution in [0.3, 0.4) is 0 Å². The summed E-state index contributed by atoms with van der Waals surface area (Å²) in [5.41, 5.74) is 1.52. The van der Waals surface area contributed by atoms with Gasteiger partial charge in [0.15, 0.2) is 5.76 Å². The van der Waals surface area contributed by atoms with Gasteiger partial charge in [-0.1, -0.05) is 0 Å². The first-order valence-corrected chi connectivity index (χ1v) is 7.87. The first-order valence-electron chi connectivity index (χ1n) is 7.87. The Balaban J connectivity index is 1.61. The topological polar surface area (TPSA) is 69.3 Å². The van der Waals surface area contributed by atoms with Crippen LogP contribution in [0.4, 0.5) is 10.1 Å². The first kappa shape index (κ1) is 16.8. The van der Waals surface area contributed by atoms with Gasteiger partial charge in [-0.05, 0) is 50.2 Å². The van der Waals surface area contributed by atoms with Gasteiger partial charge < -0.3 is 14.5 Å². The van der Waals surface area contributed by atoms with Gasteiger partial charge in [-0.25, -0.2) is 4.39 Å². The second-order valence-electron chi connectivity index (χ2n) is 5.42. The molecule has 0 bridgehead atoms. The number of benzene rings is 1. The number of furan rings is 1. The number of hydrogen-bond acceptors (Lipinski definition) is 4. The second-order valence-corrected chi connectivity index (χ2v) is 5.42. The van der Waals surface area contributed by atoms with Crippen LogP contribution in [0.25, 0.3) is 0 Å². The lowest BCUT2D eigenvalue weighted by Gasteiger charge is -2.04. The summed E-state index contributed by atoms with van der Waals surface area (Å²) in [4.78, 5) is 12.3. The number of aryl methyl sites for hydroxylation is 1. The largest absolute Gasteiger partial charge is 0.486 e. The van der Waals surface area contributed by atoms with Gasteiger partial charge in [0, 0.05) is 6.54 Å². The number of ether oxygens (including phenoxy) is 1. The molecule has 0 unspecified atom stereocenters. The Bertz CT molecular complexity index is 868. The molecule has 0 aliphatic heterocycles. The molecule has 0 spiro atoms. The Morgan fingerprint density at radius 3 is 2.72 bits per heavy atom. The highest BCUT2D eigenvalue weighted by atomic mass is 19.1. The van der Waals surface area contributed by atoms with E-state index >= 15 is 0 Å². The van der Waals surface area contributed by atoms with Crippen LogP contribution in [0.1, 0.15) is 28.9 Å². The van der Waals surface area contributed by atoms with Crippen molar-refractivity contribution in [3.05, 3.63) is 65.6 Å². The van der Waals surface area contributed by atoms with Gasteiger partial charge in [0.2, 0.25) is 0 Å². The molecule has 0 saturated carbocycles. The van der Waals surface area contributed by atoms with Gasteiger partial charge in [0.1, 0.15) is 23.9 Å². The van der Waals surface area contributed by atoms with Crippen molar-refractivity contribution in [1.29, 1.82) is 0 Å². The molecule has 0 aliphatic rings. The summed E-state index contributed by atoms with van der Waals surface area (Å²) < 4.78 is 25.6. The van der Waals surface area contributed by atoms with E-state index in [1.54, 1.807) is 23.0 Å². The second kappa shape index (κ2) is 7.21. The van der Waals surface area contributed by atoms with Crippen LogP contribution in [-0.2, 0) is 13.2 Å². The van der Waals surface area contributed by atoms with Crippen LogP contribution < -0.4 is 10.1 Å². The van der Waals surface area contributed by atoms with Crippen molar-refractivity contribution in [2.45, 2.75) is 27.0 Å². The number of nitrogens with one attached hydrogen (secondary N) is 1. The van der Waals surface area contributed by atoms with Gasteiger partial charge >= 0.3 is 0 Å². The van der Waals surface area contributed by atoms with Crippen LogP contribution in [0.15, 0.2) is 47.0 Å². The normalized spacial score (nSPS) is 10.7. The molecular formula is C18H18FN3O3. The number of carbonyl (C=O) groups excluding carboxylic acids is 1. The van der Waals surface area contributed by atoms with E-state index in [0.717, 1.165) is 12.2 Å². The molecule has 3 aromatic rings. The molecule has 25 heavy (non-hydrogen) atoms. The molecule has 130 valence electrons. The van der Waals surface area contributed by atoms with Gasteiger partial charge in [-0.15, -0.1) is 0 Å². The number of halogens is 1. The van der Waals surface area contributed by atoms with Crippen LogP contribution in [0.5, 0.6) is 5.75 Å². The third-order valence-electron chi connectivity index (χ3n) is 3.73. The lowest BCUT2D eigenvalue weighted by atomic mass is 10.3. The summed E-state index contributed by atoms with van der Waals surface area (Å²) in [5.74, 6) is 0.515. The minimum Gasteiger partial charge on any atom is -0.486 e. The summed E-state index contributed by atoms with van der Waals surface area (Å²) in [5, 5.41) is 6.96. The Labute approximate surface area is 144 Å². The zero-order valence-corrected chi connectivity index (χ0v) is 14.0. The lowest BCUT2D eigenvalue weighted by molar-refractivity contribution is 0.0992. The number of hydrogen-bond donors (Lipinski definition) is 1. The van der Waals surface area contributed by atoms with E-state index in [0.29, 0.717) is 17.2 Å². The third kappa shape index (κ3) is 3.88. The maximum absolute atomic E-state index is 12.8. The number of amides is 1. The minimum absolute atomic E-state index is 0.145. The molecule has 1 amide bonds. The quantitative estimate of drug-likeness (QED) is 0.739. The number of carbonyl (C=O) groups is 1. The number of anilines is 1. The molecule has 1 aromatic carbocycles. The fraction of sp³-hybridized carbons (Fsp3) is 0.222. The van der Waals surface area contributed by atoms with Crippen LogP contribution in [0.2, 0.25) is 0 Å². The standard InChI is InChI=1S/C18H18FN3O3/c1-3-22-12(2)16(10-20-22)21-18(23)17-9-8-15(25-17)11-24-14-6-4-13(19)5-7-14/h4-10H,3,11H2,1-2H3,(H,21,23). The maximum atomic E-state index is 12.8. The Kier molecular flexibility index (Phi) is 4.83. The zero-order chi connectivity index (χ0) is 17.8. The Hall–Kier alpha value is -3.09. The van der Waals surface area contributed by atoms with Crippen LogP contribution in [0, 0.1) is 12.7 Å². The summed E-state index contributed by atoms with van der Waals surface area (Å²) in [6.07, 6.45) is 1.61. The van der Waals surface area contributed by atoms with E-state index in [2.05, 4.69) is 10.4 Å². The summed E-state index contributed by atoms with van der Waals surface area (Å²) in [6, 6.07) is 8.93. The van der Waals surface area contributed by atoms with Crippen molar-refractivity contribution < 1.29 is 18.3 Å². The predicted molar refractivity (Wildman–Crippen MR) is 90.0 cm³/mol. The maximum Gasteiger partial charge on any atom is 0.291 e. The Morgan fingerprint density at radius 2 is 2.04 bits per heavy atom. The highest BCUT2D eigenvalue weighted by molar-refractivity contribution is 6.02. The molecule has 2 heterocycles. The monoisotopic (exact) mass is 343 g/mol. The number of rotatable bonds is 6. The summed E-state index contributed by atoms with van der Waals surface area (Å²) in [7, 11) is 0. The summed E-state index contributed by atoms with van der Waals surface area (Å²) >= 11 is 0. The van der Waals surface area contributed by atoms with Gasteiger partial charge in [0.25, 0.3) is 5.91 Å². The van der Waals surface area contributed by atoms with Gasteiger partial charge in [0.05, 0.1) is 17.6 Å². The minimum atomic E-state index is -0.355. The molecule has 3 rings (SSSR count). The highest BCUT2D eigenvalue weighted by Gasteiger charge is 2.14. The highest BCUT2D eigenvalue weighted by Crippen LogP contribution is 2.18. The smallest absolute Gasteiger partial charge is 0.291 e. The molecule has 0 aliphatic carbocycles. The average molecular weight is 343 g/mol. The lowest BCUT2D eigenvalue weighted by Crippen LogP contribution is -2.11. The van der Waals surface area contributed by atoms with E-state index in [1.165, 1.54) is 24.3 Å². The van der Waals surface area contributed by atoms with Crippen LogP contribution >= 0.6 is 0 Å². The van der Waals surface area contributed by atoms with E-state index < -0.39 is 0 Å². The van der Waals surface area contributed by atoms with Crippen molar-refractivity contribution in [3.8, 4) is 5.75 Å².